The molecule has 0 saturated carbocycles. The minimum Gasteiger partial charge on any atom is -0.352 e. The SMILES string of the molecule is CC(C)NC(=O)[C@@H](C)N(Cc1c(Cl)cccc1Cl)C(=O)CCCN1c2cccc3cccc(c23)S1(=O)=O. The Balaban J connectivity index is 1.53. The molecule has 0 unspecified atom stereocenters. The monoisotopic (exact) mass is 561 g/mol. The van der Waals surface area contributed by atoms with Crippen molar-refractivity contribution < 1.29 is 18.0 Å². The Hall–Kier alpha value is -2.81. The molecule has 1 aliphatic heterocycles. The van der Waals surface area contributed by atoms with Crippen LogP contribution >= 0.6 is 23.2 Å². The molecule has 0 aromatic heterocycles. The van der Waals surface area contributed by atoms with Crippen molar-refractivity contribution in [2.75, 3.05) is 10.8 Å². The first-order valence-corrected chi connectivity index (χ1v) is 14.3. The Morgan fingerprint density at radius 3 is 2.24 bits per heavy atom. The van der Waals surface area contributed by atoms with Crippen molar-refractivity contribution in [1.82, 2.24) is 10.2 Å². The smallest absolute Gasteiger partial charge is 0.265 e. The van der Waals surface area contributed by atoms with E-state index < -0.39 is 16.1 Å². The van der Waals surface area contributed by atoms with Gasteiger partial charge in [0.25, 0.3) is 10.0 Å². The van der Waals surface area contributed by atoms with Gasteiger partial charge in [0.15, 0.2) is 0 Å². The van der Waals surface area contributed by atoms with Gasteiger partial charge in [0.1, 0.15) is 6.04 Å². The van der Waals surface area contributed by atoms with Crippen LogP contribution in [0.15, 0.2) is 59.5 Å². The van der Waals surface area contributed by atoms with E-state index in [0.29, 0.717) is 26.7 Å². The molecular formula is C27H29Cl2N3O4S. The normalized spacial score (nSPS) is 14.7. The molecule has 7 nitrogen and oxygen atoms in total. The van der Waals surface area contributed by atoms with Crippen molar-refractivity contribution in [2.45, 2.75) is 57.1 Å². The average molecular weight is 563 g/mol. The minimum absolute atomic E-state index is 0.0414. The van der Waals surface area contributed by atoms with E-state index in [-0.39, 0.29) is 48.7 Å². The number of carbonyl (C=O) groups is 2. The molecule has 0 spiro atoms. The lowest BCUT2D eigenvalue weighted by Crippen LogP contribution is -2.49. The number of benzene rings is 3. The predicted octanol–water partition coefficient (Wildman–Crippen LogP) is 5.38. The molecule has 10 heteroatoms. The third-order valence-electron chi connectivity index (χ3n) is 6.42. The third-order valence-corrected chi connectivity index (χ3v) is 8.99. The van der Waals surface area contributed by atoms with Crippen LogP contribution in [0.25, 0.3) is 10.8 Å². The number of anilines is 1. The van der Waals surface area contributed by atoms with E-state index in [4.69, 9.17) is 23.2 Å². The van der Waals surface area contributed by atoms with Gasteiger partial charge in [-0.25, -0.2) is 8.42 Å². The maximum atomic E-state index is 13.4. The van der Waals surface area contributed by atoms with Crippen molar-refractivity contribution in [2.24, 2.45) is 0 Å². The predicted molar refractivity (Wildman–Crippen MR) is 147 cm³/mol. The lowest BCUT2D eigenvalue weighted by molar-refractivity contribution is -0.140. The van der Waals surface area contributed by atoms with Gasteiger partial charge in [0, 0.05) is 46.5 Å². The van der Waals surface area contributed by atoms with Crippen LogP contribution in [-0.4, -0.2) is 43.8 Å². The summed E-state index contributed by atoms with van der Waals surface area (Å²) in [6.45, 7) is 5.53. The van der Waals surface area contributed by atoms with Crippen LogP contribution in [0.1, 0.15) is 39.2 Å². The molecule has 4 rings (SSSR count). The molecule has 0 radical (unpaired) electrons. The van der Waals surface area contributed by atoms with Gasteiger partial charge in [0.2, 0.25) is 11.8 Å². The van der Waals surface area contributed by atoms with E-state index in [1.165, 1.54) is 9.21 Å². The van der Waals surface area contributed by atoms with Crippen LogP contribution in [-0.2, 0) is 26.2 Å². The highest BCUT2D eigenvalue weighted by Crippen LogP contribution is 2.42. The number of rotatable bonds is 9. The van der Waals surface area contributed by atoms with Crippen LogP contribution in [0.4, 0.5) is 5.69 Å². The molecule has 1 atom stereocenters. The molecule has 0 bridgehead atoms. The van der Waals surface area contributed by atoms with Gasteiger partial charge >= 0.3 is 0 Å². The topological polar surface area (TPSA) is 86.8 Å². The van der Waals surface area contributed by atoms with Crippen LogP contribution in [0.3, 0.4) is 0 Å². The standard InChI is InChI=1S/C27H29Cl2N3O4S/c1-17(2)30-27(34)18(3)31(16-20-21(28)10-6-11-22(20)29)25(33)14-7-15-32-23-12-4-8-19-9-5-13-24(26(19)23)37(32,35)36/h4-6,8-13,17-18H,7,14-16H2,1-3H3,(H,30,34)/t18-/m1/s1. The fourth-order valence-corrected chi connectivity index (χ4v) is 6.82. The Morgan fingerprint density at radius 2 is 1.59 bits per heavy atom. The fraction of sp³-hybridized carbons (Fsp3) is 0.333. The maximum Gasteiger partial charge on any atom is 0.265 e. The fourth-order valence-electron chi connectivity index (χ4n) is 4.56. The Morgan fingerprint density at radius 1 is 0.973 bits per heavy atom. The zero-order valence-corrected chi connectivity index (χ0v) is 23.2. The molecule has 0 fully saturated rings. The van der Waals surface area contributed by atoms with E-state index >= 15 is 0 Å². The first-order chi connectivity index (χ1) is 17.5. The van der Waals surface area contributed by atoms with Crippen molar-refractivity contribution in [3.8, 4) is 0 Å². The Bertz CT molecular complexity index is 1430. The second-order valence-corrected chi connectivity index (χ2v) is 12.0. The molecule has 0 saturated heterocycles. The largest absolute Gasteiger partial charge is 0.352 e. The van der Waals surface area contributed by atoms with Crippen LogP contribution < -0.4 is 9.62 Å². The van der Waals surface area contributed by atoms with Gasteiger partial charge in [-0.3, -0.25) is 13.9 Å². The third kappa shape index (κ3) is 5.42. The number of sulfonamides is 1. The summed E-state index contributed by atoms with van der Waals surface area (Å²) in [5.74, 6) is -0.592. The number of halogens is 2. The number of nitrogens with zero attached hydrogens (tertiary/aromatic N) is 2. The number of hydrogen-bond acceptors (Lipinski definition) is 4. The number of amides is 2. The van der Waals surface area contributed by atoms with E-state index in [1.54, 1.807) is 43.3 Å². The lowest BCUT2D eigenvalue weighted by atomic mass is 10.1. The van der Waals surface area contributed by atoms with Gasteiger partial charge in [-0.1, -0.05) is 53.5 Å². The van der Waals surface area contributed by atoms with Crippen molar-refractivity contribution in [3.05, 3.63) is 70.2 Å². The van der Waals surface area contributed by atoms with Gasteiger partial charge < -0.3 is 10.2 Å². The first kappa shape index (κ1) is 27.2. The molecule has 3 aromatic carbocycles. The quantitative estimate of drug-likeness (QED) is 0.380. The van der Waals surface area contributed by atoms with Crippen molar-refractivity contribution in [1.29, 1.82) is 0 Å². The van der Waals surface area contributed by atoms with E-state index in [0.717, 1.165) is 5.39 Å². The van der Waals surface area contributed by atoms with Gasteiger partial charge in [-0.05, 0) is 56.8 Å². The summed E-state index contributed by atoms with van der Waals surface area (Å²) < 4.78 is 27.8. The van der Waals surface area contributed by atoms with E-state index in [2.05, 4.69) is 5.32 Å². The Kier molecular flexibility index (Phi) is 8.02. The highest BCUT2D eigenvalue weighted by molar-refractivity contribution is 7.93. The maximum absolute atomic E-state index is 13.4. The minimum atomic E-state index is -3.71. The summed E-state index contributed by atoms with van der Waals surface area (Å²) in [5.41, 5.74) is 1.16. The van der Waals surface area contributed by atoms with Gasteiger partial charge in [-0.15, -0.1) is 0 Å². The highest BCUT2D eigenvalue weighted by atomic mass is 35.5. The molecule has 1 heterocycles. The summed E-state index contributed by atoms with van der Waals surface area (Å²) in [7, 11) is -3.71. The second kappa shape index (κ2) is 10.9. The van der Waals surface area contributed by atoms with Crippen molar-refractivity contribution >= 4 is 61.5 Å². The molecule has 3 aromatic rings. The van der Waals surface area contributed by atoms with Crippen LogP contribution in [0.5, 0.6) is 0 Å². The van der Waals surface area contributed by atoms with Crippen LogP contribution in [0.2, 0.25) is 10.0 Å². The molecular weight excluding hydrogens is 533 g/mol. The van der Waals surface area contributed by atoms with Crippen molar-refractivity contribution in [3.63, 3.8) is 0 Å². The number of nitrogens with one attached hydrogen (secondary N) is 1. The second-order valence-electron chi connectivity index (χ2n) is 9.37. The lowest BCUT2D eigenvalue weighted by Gasteiger charge is -2.30. The average Bonchev–Trinajstić information content (AvgIpc) is 3.06. The first-order valence-electron chi connectivity index (χ1n) is 12.1. The van der Waals surface area contributed by atoms with Crippen LogP contribution in [0, 0.1) is 0 Å². The zero-order valence-electron chi connectivity index (χ0n) is 20.9. The molecule has 2 amide bonds. The number of hydrogen-bond donors (Lipinski definition) is 1. The molecule has 196 valence electrons. The molecule has 37 heavy (non-hydrogen) atoms. The Labute approximate surface area is 227 Å². The van der Waals surface area contributed by atoms with Gasteiger partial charge in [-0.2, -0.15) is 0 Å². The highest BCUT2D eigenvalue weighted by Gasteiger charge is 2.35. The summed E-state index contributed by atoms with van der Waals surface area (Å²) in [5, 5.41) is 5.19. The number of carbonyl (C=O) groups excluding carboxylic acids is 2. The summed E-state index contributed by atoms with van der Waals surface area (Å²) in [4.78, 5) is 28.0. The van der Waals surface area contributed by atoms with E-state index in [1.807, 2.05) is 32.0 Å². The summed E-state index contributed by atoms with van der Waals surface area (Å²) in [6, 6.07) is 14.9. The van der Waals surface area contributed by atoms with Gasteiger partial charge in [0.05, 0.1) is 10.6 Å². The van der Waals surface area contributed by atoms with E-state index in [9.17, 15) is 18.0 Å². The molecule has 1 N–H and O–H groups in total. The summed E-state index contributed by atoms with van der Waals surface area (Å²) in [6.07, 6.45) is 0.313. The molecule has 0 aliphatic carbocycles. The summed E-state index contributed by atoms with van der Waals surface area (Å²) >= 11 is 12.7. The zero-order chi connectivity index (χ0) is 26.9. The molecule has 1 aliphatic rings.